The molecular weight excluding hydrogens is 438 g/mol. The van der Waals surface area contributed by atoms with Crippen molar-refractivity contribution in [3.63, 3.8) is 0 Å². The molecule has 0 spiro atoms. The van der Waals surface area contributed by atoms with Crippen molar-refractivity contribution < 1.29 is 19.0 Å². The van der Waals surface area contributed by atoms with Gasteiger partial charge >= 0.3 is 0 Å². The molecule has 0 bridgehead atoms. The monoisotopic (exact) mass is 465 g/mol. The van der Waals surface area contributed by atoms with Gasteiger partial charge in [0.25, 0.3) is 0 Å². The summed E-state index contributed by atoms with van der Waals surface area (Å²) < 4.78 is 17.3. The largest absolute Gasteiger partial charge is 0.495 e. The summed E-state index contributed by atoms with van der Waals surface area (Å²) in [6.07, 6.45) is 0.221. The molecule has 0 saturated carbocycles. The predicted octanol–water partition coefficient (Wildman–Crippen LogP) is 6.13. The Morgan fingerprint density at radius 3 is 2.27 bits per heavy atom. The number of nitrogens with zero attached hydrogens (tertiary/aromatic N) is 1. The molecule has 3 aromatic carbocycles. The van der Waals surface area contributed by atoms with Crippen LogP contribution in [0.3, 0.4) is 0 Å². The third-order valence-electron chi connectivity index (χ3n) is 5.73. The quantitative estimate of drug-likeness (QED) is 0.439. The number of hydrogen-bond acceptors (Lipinski definition) is 4. The van der Waals surface area contributed by atoms with Gasteiger partial charge in [-0.25, -0.2) is 0 Å². The number of ether oxygens (including phenoxy) is 3. The van der Waals surface area contributed by atoms with Crippen LogP contribution in [0.1, 0.15) is 42.1 Å². The summed E-state index contributed by atoms with van der Waals surface area (Å²) in [5.74, 6) is 1.89. The Morgan fingerprint density at radius 1 is 0.939 bits per heavy atom. The lowest BCUT2D eigenvalue weighted by molar-refractivity contribution is -0.118. The molecule has 0 N–H and O–H groups in total. The van der Waals surface area contributed by atoms with Crippen LogP contribution >= 0.6 is 11.6 Å². The second-order valence-corrected chi connectivity index (χ2v) is 8.87. The Morgan fingerprint density at radius 2 is 1.64 bits per heavy atom. The van der Waals surface area contributed by atoms with Crippen LogP contribution in [0, 0.1) is 6.92 Å². The number of rotatable bonds is 6. The zero-order valence-electron chi connectivity index (χ0n) is 19.5. The normalized spacial score (nSPS) is 15.4. The Hall–Kier alpha value is -3.18. The molecule has 0 aromatic heterocycles. The molecule has 1 heterocycles. The average Bonchev–Trinajstić information content (AvgIpc) is 2.78. The predicted molar refractivity (Wildman–Crippen MR) is 131 cm³/mol. The van der Waals surface area contributed by atoms with Gasteiger partial charge in [-0.05, 0) is 79.4 Å². The van der Waals surface area contributed by atoms with Crippen molar-refractivity contribution in [3.05, 3.63) is 81.9 Å². The Bertz CT molecular complexity index is 1170. The van der Waals surface area contributed by atoms with Gasteiger partial charge in [0.05, 0.1) is 38.5 Å². The summed E-state index contributed by atoms with van der Waals surface area (Å²) >= 11 is 6.18. The first-order chi connectivity index (χ1) is 15.8. The maximum atomic E-state index is 13.6. The number of methoxy groups -OCH3 is 2. The third kappa shape index (κ3) is 4.51. The van der Waals surface area contributed by atoms with Gasteiger partial charge in [-0.1, -0.05) is 29.8 Å². The molecule has 0 saturated heterocycles. The summed E-state index contributed by atoms with van der Waals surface area (Å²) in [5, 5.41) is 0.638. The van der Waals surface area contributed by atoms with Crippen LogP contribution in [0.15, 0.2) is 54.6 Å². The molecule has 0 radical (unpaired) electrons. The zero-order valence-corrected chi connectivity index (χ0v) is 20.3. The minimum atomic E-state index is -0.379. The average molecular weight is 466 g/mol. The Balaban J connectivity index is 1.96. The number of aryl methyl sites for hydroxylation is 1. The molecule has 172 valence electrons. The molecule has 5 nitrogen and oxygen atoms in total. The molecule has 1 amide bonds. The Kier molecular flexibility index (Phi) is 6.52. The van der Waals surface area contributed by atoms with Gasteiger partial charge in [0.1, 0.15) is 5.75 Å². The molecular formula is C27H28ClNO4. The summed E-state index contributed by atoms with van der Waals surface area (Å²) in [5.41, 5.74) is 4.62. The molecule has 0 aliphatic carbocycles. The van der Waals surface area contributed by atoms with Gasteiger partial charge in [-0.2, -0.15) is 0 Å². The summed E-state index contributed by atoms with van der Waals surface area (Å²) in [6, 6.07) is 17.0. The maximum absolute atomic E-state index is 13.6. The van der Waals surface area contributed by atoms with E-state index in [1.807, 2.05) is 80.3 Å². The number of carbonyl (C=O) groups is 1. The van der Waals surface area contributed by atoms with E-state index in [1.54, 1.807) is 14.2 Å². The third-order valence-corrected chi connectivity index (χ3v) is 5.98. The number of amides is 1. The topological polar surface area (TPSA) is 48.0 Å². The van der Waals surface area contributed by atoms with Crippen LogP contribution in [0.25, 0.3) is 0 Å². The van der Waals surface area contributed by atoms with E-state index in [0.717, 1.165) is 27.9 Å². The molecule has 6 heteroatoms. The zero-order chi connectivity index (χ0) is 23.7. The van der Waals surface area contributed by atoms with Crippen molar-refractivity contribution in [1.29, 1.82) is 0 Å². The maximum Gasteiger partial charge on any atom is 0.232 e. The number of halogens is 1. The van der Waals surface area contributed by atoms with Crippen molar-refractivity contribution in [2.24, 2.45) is 0 Å². The van der Waals surface area contributed by atoms with Crippen LogP contribution in [0.4, 0.5) is 5.69 Å². The number of hydrogen-bond donors (Lipinski definition) is 0. The van der Waals surface area contributed by atoms with Gasteiger partial charge in [0.15, 0.2) is 11.5 Å². The molecule has 0 fully saturated rings. The number of fused-ring (bicyclic) bond motifs is 1. The van der Waals surface area contributed by atoms with E-state index in [1.165, 1.54) is 0 Å². The highest BCUT2D eigenvalue weighted by Gasteiger charge is 2.37. The van der Waals surface area contributed by atoms with Crippen LogP contribution < -0.4 is 19.1 Å². The highest BCUT2D eigenvalue weighted by molar-refractivity contribution is 6.30. The first-order valence-electron chi connectivity index (χ1n) is 10.9. The number of benzene rings is 3. The van der Waals surface area contributed by atoms with Gasteiger partial charge in [0.2, 0.25) is 5.91 Å². The smallest absolute Gasteiger partial charge is 0.232 e. The van der Waals surface area contributed by atoms with Crippen molar-refractivity contribution >= 4 is 23.2 Å². The highest BCUT2D eigenvalue weighted by Crippen LogP contribution is 2.45. The van der Waals surface area contributed by atoms with E-state index in [4.69, 9.17) is 25.8 Å². The second-order valence-electron chi connectivity index (χ2n) is 8.44. The van der Waals surface area contributed by atoms with Crippen molar-refractivity contribution in [1.82, 2.24) is 0 Å². The first-order valence-corrected chi connectivity index (χ1v) is 11.3. The SMILES string of the molecule is COc1cc2c(cc1OC(C)C)C(c1ccc(Cl)cc1)N(c1ccc(C)cc1OC)C(=O)C2. The minimum absolute atomic E-state index is 0.0237. The van der Waals surface area contributed by atoms with Crippen molar-refractivity contribution in [2.75, 3.05) is 19.1 Å². The van der Waals surface area contributed by atoms with E-state index >= 15 is 0 Å². The molecule has 1 atom stereocenters. The first kappa shape index (κ1) is 23.0. The standard InChI is InChI=1S/C27H28ClNO4/c1-16(2)33-25-15-21-19(13-24(25)32-5)14-26(30)29(22-11-6-17(3)12-23(22)31-4)27(21)18-7-9-20(28)10-8-18/h6-13,15-16,27H,14H2,1-5H3. The van der Waals surface area contributed by atoms with E-state index in [2.05, 4.69) is 0 Å². The Labute approximate surface area is 199 Å². The number of carbonyl (C=O) groups excluding carboxylic acids is 1. The van der Waals surface area contributed by atoms with Gasteiger partial charge < -0.3 is 14.2 Å². The van der Waals surface area contributed by atoms with E-state index < -0.39 is 0 Å². The fourth-order valence-corrected chi connectivity index (χ4v) is 4.42. The van der Waals surface area contributed by atoms with E-state index in [0.29, 0.717) is 22.3 Å². The fraction of sp³-hybridized carbons (Fsp3) is 0.296. The van der Waals surface area contributed by atoms with Gasteiger partial charge in [-0.3, -0.25) is 9.69 Å². The van der Waals surface area contributed by atoms with Crippen molar-refractivity contribution in [3.8, 4) is 17.2 Å². The van der Waals surface area contributed by atoms with Crippen LogP contribution in [0.5, 0.6) is 17.2 Å². The highest BCUT2D eigenvalue weighted by atomic mass is 35.5. The number of anilines is 1. The lowest BCUT2D eigenvalue weighted by Crippen LogP contribution is -2.41. The van der Waals surface area contributed by atoms with Crippen LogP contribution in [0.2, 0.25) is 5.02 Å². The minimum Gasteiger partial charge on any atom is -0.495 e. The molecule has 33 heavy (non-hydrogen) atoms. The van der Waals surface area contributed by atoms with Crippen LogP contribution in [-0.2, 0) is 11.2 Å². The summed E-state index contributed by atoms with van der Waals surface area (Å²) in [4.78, 5) is 15.4. The lowest BCUT2D eigenvalue weighted by atomic mass is 9.86. The van der Waals surface area contributed by atoms with Crippen molar-refractivity contribution in [2.45, 2.75) is 39.3 Å². The van der Waals surface area contributed by atoms with Crippen LogP contribution in [-0.4, -0.2) is 26.2 Å². The van der Waals surface area contributed by atoms with E-state index in [9.17, 15) is 4.79 Å². The molecule has 3 aromatic rings. The van der Waals surface area contributed by atoms with Gasteiger partial charge in [-0.15, -0.1) is 0 Å². The lowest BCUT2D eigenvalue weighted by Gasteiger charge is -2.38. The molecule has 1 unspecified atom stereocenters. The van der Waals surface area contributed by atoms with E-state index in [-0.39, 0.29) is 24.5 Å². The molecule has 4 rings (SSSR count). The fourth-order valence-electron chi connectivity index (χ4n) is 4.29. The summed E-state index contributed by atoms with van der Waals surface area (Å²) in [7, 11) is 3.23. The second kappa shape index (κ2) is 9.36. The summed E-state index contributed by atoms with van der Waals surface area (Å²) in [6.45, 7) is 5.95. The molecule has 1 aliphatic heterocycles. The van der Waals surface area contributed by atoms with Gasteiger partial charge in [0, 0.05) is 5.02 Å². The molecule has 1 aliphatic rings.